The van der Waals surface area contributed by atoms with E-state index >= 15 is 0 Å². The number of rotatable bonds is 12. The molecule has 0 aliphatic carbocycles. The zero-order valence-corrected chi connectivity index (χ0v) is 30.6. The van der Waals surface area contributed by atoms with Crippen molar-refractivity contribution < 1.29 is 23.6 Å². The van der Waals surface area contributed by atoms with Crippen LogP contribution < -0.4 is 9.46 Å². The van der Waals surface area contributed by atoms with Gasteiger partial charge < -0.3 is 23.3 Å². The Bertz CT molecular complexity index is 1680. The maximum Gasteiger partial charge on any atom is 0.338 e. The van der Waals surface area contributed by atoms with Crippen molar-refractivity contribution in [2.24, 2.45) is 7.05 Å². The molecule has 3 heterocycles. The highest BCUT2D eigenvalue weighted by Gasteiger charge is 2.35. The first-order valence-corrected chi connectivity index (χ1v) is 20.2. The van der Waals surface area contributed by atoms with Gasteiger partial charge in [-0.1, -0.05) is 19.6 Å². The maximum atomic E-state index is 13.0. The van der Waals surface area contributed by atoms with Gasteiger partial charge in [0.2, 0.25) is 0 Å². The van der Waals surface area contributed by atoms with E-state index in [0.29, 0.717) is 29.3 Å². The number of aryl methyl sites for hydroxylation is 1. The Kier molecular flexibility index (Phi) is 10.2. The van der Waals surface area contributed by atoms with Crippen LogP contribution in [0.1, 0.15) is 64.5 Å². The number of fused-ring (bicyclic) bond motifs is 2. The zero-order chi connectivity index (χ0) is 33.5. The minimum absolute atomic E-state index is 0.249. The quantitative estimate of drug-likeness (QED) is 0.0770. The molecular formula is C33H49N5O5SSi. The second kappa shape index (κ2) is 13.1. The molecule has 1 atom stereocenters. The molecule has 0 saturated heterocycles. The molecule has 4 aromatic rings. The van der Waals surface area contributed by atoms with E-state index in [-0.39, 0.29) is 12.8 Å². The standard InChI is InChI=1S/C33H49N5O5SSi/c1-21(2)43-31(39)23-17-24-28(26(19-23)41-9)37(8)30(34-24)25-18-22-13-14-27(33(6,7)36-44(40)32(3,4)5)35-29(22)38(25)20-42-15-16-45(10,11)12/h13-14,17-19,21,36H,15-16,20H2,1-12H3. The first-order valence-electron chi connectivity index (χ1n) is 15.4. The van der Waals surface area contributed by atoms with Gasteiger partial charge in [0.25, 0.3) is 0 Å². The second-order valence-corrected chi connectivity index (χ2v) is 22.1. The lowest BCUT2D eigenvalue weighted by atomic mass is 10.0. The Morgan fingerprint density at radius 1 is 1.09 bits per heavy atom. The number of pyridine rings is 1. The van der Waals surface area contributed by atoms with Gasteiger partial charge in [-0.25, -0.2) is 14.8 Å². The van der Waals surface area contributed by atoms with Crippen LogP contribution in [0, 0.1) is 0 Å². The summed E-state index contributed by atoms with van der Waals surface area (Å²) in [5.41, 5.74) is 3.41. The number of nitrogens with one attached hydrogen (secondary N) is 1. The molecule has 0 bridgehead atoms. The summed E-state index contributed by atoms with van der Waals surface area (Å²) in [7, 11) is 2.21. The highest BCUT2D eigenvalue weighted by molar-refractivity contribution is 7.90. The molecule has 10 nitrogen and oxygen atoms in total. The topological polar surface area (TPSA) is 115 Å². The molecule has 1 unspecified atom stereocenters. The van der Waals surface area contributed by atoms with Gasteiger partial charge in [-0.15, -0.1) is 4.72 Å². The summed E-state index contributed by atoms with van der Waals surface area (Å²) in [6.07, 6.45) is -0.249. The predicted molar refractivity (Wildman–Crippen MR) is 185 cm³/mol. The van der Waals surface area contributed by atoms with Gasteiger partial charge in [-0.3, -0.25) is 4.57 Å². The molecule has 0 spiro atoms. The highest BCUT2D eigenvalue weighted by Crippen LogP contribution is 2.35. The van der Waals surface area contributed by atoms with Crippen molar-refractivity contribution in [2.75, 3.05) is 13.7 Å². The maximum absolute atomic E-state index is 13.0. The fourth-order valence-corrected chi connectivity index (χ4v) is 6.49. The number of imidazole rings is 1. The van der Waals surface area contributed by atoms with E-state index in [0.717, 1.165) is 34.0 Å². The average Bonchev–Trinajstić information content (AvgIpc) is 3.45. The number of hydrogen-bond acceptors (Lipinski definition) is 8. The second-order valence-electron chi connectivity index (χ2n) is 14.5. The van der Waals surface area contributed by atoms with Gasteiger partial charge in [0, 0.05) is 38.5 Å². The largest absolute Gasteiger partial charge is 0.598 e. The number of aromatic nitrogens is 4. The van der Waals surface area contributed by atoms with Crippen LogP contribution in [-0.4, -0.2) is 62.3 Å². The SMILES string of the molecule is COc1cc(C(=O)OC(C)C)cc2nc(-c3cc4ccc(C(C)(C)N[S+]([O-])C(C)(C)C)nc4n3COCC[Si](C)(C)C)n(C)c12. The first kappa shape index (κ1) is 35.0. The van der Waals surface area contributed by atoms with E-state index in [1.165, 1.54) is 0 Å². The molecule has 45 heavy (non-hydrogen) atoms. The zero-order valence-electron chi connectivity index (χ0n) is 28.8. The van der Waals surface area contributed by atoms with Crippen molar-refractivity contribution in [3.63, 3.8) is 0 Å². The lowest BCUT2D eigenvalue weighted by Gasteiger charge is -2.32. The molecule has 246 valence electrons. The van der Waals surface area contributed by atoms with E-state index in [9.17, 15) is 9.35 Å². The van der Waals surface area contributed by atoms with Gasteiger partial charge in [0.05, 0.1) is 41.2 Å². The number of carbonyl (C=O) groups is 1. The van der Waals surface area contributed by atoms with Gasteiger partial charge >= 0.3 is 5.97 Å². The van der Waals surface area contributed by atoms with E-state index in [4.69, 9.17) is 24.2 Å². The Labute approximate surface area is 271 Å². The Hall–Kier alpha value is -2.90. The molecule has 1 aromatic carbocycles. The number of benzene rings is 1. The third kappa shape index (κ3) is 7.91. The first-order chi connectivity index (χ1) is 20.8. The van der Waals surface area contributed by atoms with Crippen LogP contribution in [0.15, 0.2) is 30.3 Å². The third-order valence-corrected chi connectivity index (χ3v) is 11.0. The molecule has 0 saturated carbocycles. The Balaban J connectivity index is 1.86. The number of methoxy groups -OCH3 is 1. The fraction of sp³-hybridized carbons (Fsp3) is 0.545. The van der Waals surface area contributed by atoms with E-state index in [1.807, 2.05) is 76.8 Å². The molecule has 12 heteroatoms. The number of carbonyl (C=O) groups excluding carboxylic acids is 1. The predicted octanol–water partition coefficient (Wildman–Crippen LogP) is 6.76. The average molecular weight is 656 g/mol. The summed E-state index contributed by atoms with van der Waals surface area (Å²) < 4.78 is 37.3. The van der Waals surface area contributed by atoms with Crippen LogP contribution in [0.2, 0.25) is 25.7 Å². The van der Waals surface area contributed by atoms with Gasteiger partial charge in [-0.2, -0.15) is 0 Å². The summed E-state index contributed by atoms with van der Waals surface area (Å²) in [6, 6.07) is 10.5. The summed E-state index contributed by atoms with van der Waals surface area (Å²) in [4.78, 5) is 22.9. The Morgan fingerprint density at radius 2 is 1.78 bits per heavy atom. The number of ether oxygens (including phenoxy) is 3. The molecule has 4 rings (SSSR count). The van der Waals surface area contributed by atoms with E-state index < -0.39 is 35.7 Å². The molecule has 0 radical (unpaired) electrons. The van der Waals surface area contributed by atoms with Crippen LogP contribution in [0.25, 0.3) is 33.6 Å². The van der Waals surface area contributed by atoms with Crippen LogP contribution >= 0.6 is 0 Å². The lowest BCUT2D eigenvalue weighted by molar-refractivity contribution is 0.0377. The molecule has 0 fully saturated rings. The minimum Gasteiger partial charge on any atom is -0.598 e. The van der Waals surface area contributed by atoms with E-state index in [1.54, 1.807) is 19.2 Å². The van der Waals surface area contributed by atoms with Crippen molar-refractivity contribution in [1.82, 2.24) is 23.8 Å². The molecule has 0 aliphatic rings. The van der Waals surface area contributed by atoms with Crippen LogP contribution in [0.3, 0.4) is 0 Å². The van der Waals surface area contributed by atoms with Crippen LogP contribution in [-0.2, 0) is 40.2 Å². The molecule has 1 N–H and O–H groups in total. The summed E-state index contributed by atoms with van der Waals surface area (Å²) >= 11 is -1.29. The molecule has 0 amide bonds. The van der Waals surface area contributed by atoms with Gasteiger partial charge in [0.15, 0.2) is 5.82 Å². The number of hydrogen-bond donors (Lipinski definition) is 1. The van der Waals surface area contributed by atoms with Crippen LogP contribution in [0.5, 0.6) is 5.75 Å². The summed E-state index contributed by atoms with van der Waals surface area (Å²) in [5.74, 6) is 0.776. The normalized spacial score (nSPS) is 13.6. The summed E-state index contributed by atoms with van der Waals surface area (Å²) in [6.45, 7) is 21.4. The Morgan fingerprint density at radius 3 is 2.38 bits per heavy atom. The fourth-order valence-electron chi connectivity index (χ4n) is 4.86. The number of nitrogens with zero attached hydrogens (tertiary/aromatic N) is 4. The van der Waals surface area contributed by atoms with Crippen molar-refractivity contribution in [3.05, 3.63) is 41.6 Å². The third-order valence-electron chi connectivity index (χ3n) is 7.47. The van der Waals surface area contributed by atoms with Gasteiger partial charge in [0.1, 0.15) is 28.4 Å². The molecule has 3 aromatic heterocycles. The van der Waals surface area contributed by atoms with Crippen molar-refractivity contribution in [3.8, 4) is 17.3 Å². The summed E-state index contributed by atoms with van der Waals surface area (Å²) in [5, 5.41) is 0.926. The number of esters is 1. The monoisotopic (exact) mass is 655 g/mol. The van der Waals surface area contributed by atoms with Crippen molar-refractivity contribution >= 4 is 47.5 Å². The molecular weight excluding hydrogens is 607 g/mol. The van der Waals surface area contributed by atoms with Crippen LogP contribution in [0.4, 0.5) is 0 Å². The van der Waals surface area contributed by atoms with E-state index in [2.05, 4.69) is 30.4 Å². The lowest BCUT2D eigenvalue weighted by Crippen LogP contribution is -2.48. The van der Waals surface area contributed by atoms with Crippen molar-refractivity contribution in [1.29, 1.82) is 0 Å². The minimum atomic E-state index is -1.30. The van der Waals surface area contributed by atoms with Crippen molar-refractivity contribution in [2.45, 2.75) is 97.3 Å². The smallest absolute Gasteiger partial charge is 0.338 e. The highest BCUT2D eigenvalue weighted by atomic mass is 32.2. The molecule has 0 aliphatic heterocycles. The van der Waals surface area contributed by atoms with Gasteiger partial charge in [-0.05, 0) is 84.8 Å².